The van der Waals surface area contributed by atoms with Gasteiger partial charge in [-0.05, 0) is 47.2 Å². The third-order valence-corrected chi connectivity index (χ3v) is 5.65. The van der Waals surface area contributed by atoms with Gasteiger partial charge in [0.25, 0.3) is 5.91 Å². The fourth-order valence-electron chi connectivity index (χ4n) is 3.84. The van der Waals surface area contributed by atoms with Crippen molar-refractivity contribution in [1.82, 2.24) is 20.1 Å². The first-order valence-corrected chi connectivity index (χ1v) is 10.6. The number of aromatic nitrogens is 3. The summed E-state index contributed by atoms with van der Waals surface area (Å²) in [7, 11) is 0. The highest BCUT2D eigenvalue weighted by molar-refractivity contribution is 5.84. The van der Waals surface area contributed by atoms with E-state index in [2.05, 4.69) is 26.1 Å². The van der Waals surface area contributed by atoms with Crippen molar-refractivity contribution in [3.8, 4) is 17.0 Å². The molecule has 7 nitrogen and oxygen atoms in total. The van der Waals surface area contributed by atoms with Gasteiger partial charge in [-0.2, -0.15) is 0 Å². The van der Waals surface area contributed by atoms with Gasteiger partial charge in [0.1, 0.15) is 5.75 Å². The fourth-order valence-corrected chi connectivity index (χ4v) is 3.84. The van der Waals surface area contributed by atoms with Crippen LogP contribution < -0.4 is 9.64 Å². The molecule has 0 bridgehead atoms. The van der Waals surface area contributed by atoms with Gasteiger partial charge in [0.2, 0.25) is 0 Å². The third-order valence-electron chi connectivity index (χ3n) is 5.65. The molecule has 0 radical (unpaired) electrons. The monoisotopic (exact) mass is 425 g/mol. The molecular weight excluding hydrogens is 402 g/mol. The quantitative estimate of drug-likeness (QED) is 0.488. The lowest BCUT2D eigenvalue weighted by molar-refractivity contribution is -0.133. The molecule has 1 amide bonds. The summed E-state index contributed by atoms with van der Waals surface area (Å²) in [5.74, 6) is 1.52. The Hall–Kier alpha value is -4.00. The number of carbonyl (C=O) groups excluding carboxylic acids is 1. The summed E-state index contributed by atoms with van der Waals surface area (Å²) in [6.45, 7) is 2.72. The summed E-state index contributed by atoms with van der Waals surface area (Å²) in [5, 5.41) is 11.0. The molecule has 0 aliphatic carbocycles. The number of fused-ring (bicyclic) bond motifs is 1. The Balaban J connectivity index is 1.14. The first-order valence-electron chi connectivity index (χ1n) is 10.6. The Morgan fingerprint density at radius 2 is 1.72 bits per heavy atom. The molecule has 160 valence electrons. The van der Waals surface area contributed by atoms with Gasteiger partial charge in [-0.15, -0.1) is 10.2 Å². The van der Waals surface area contributed by atoms with Crippen LogP contribution in [0.25, 0.3) is 22.0 Å². The Morgan fingerprint density at radius 1 is 0.875 bits per heavy atom. The fraction of sp³-hybridized carbons (Fsp3) is 0.200. The number of pyridine rings is 1. The molecule has 3 heterocycles. The number of anilines is 1. The first-order chi connectivity index (χ1) is 15.8. The minimum atomic E-state index is -0.00387. The molecule has 32 heavy (non-hydrogen) atoms. The van der Waals surface area contributed by atoms with Crippen LogP contribution in [-0.4, -0.2) is 58.8 Å². The number of hydrogen-bond donors (Lipinski definition) is 0. The lowest BCUT2D eigenvalue weighted by Crippen LogP contribution is -2.50. The van der Waals surface area contributed by atoms with E-state index in [4.69, 9.17) is 4.74 Å². The molecule has 4 aromatic rings. The molecule has 0 unspecified atom stereocenters. The predicted octanol–water partition coefficient (Wildman–Crippen LogP) is 3.42. The molecule has 1 aliphatic heterocycles. The van der Waals surface area contributed by atoms with E-state index in [-0.39, 0.29) is 12.5 Å². The third kappa shape index (κ3) is 4.37. The maximum atomic E-state index is 12.6. The maximum absolute atomic E-state index is 12.6. The van der Waals surface area contributed by atoms with Crippen LogP contribution in [0.15, 0.2) is 79.1 Å². The molecule has 0 spiro atoms. The van der Waals surface area contributed by atoms with Crippen LogP contribution in [0.4, 0.5) is 5.82 Å². The highest BCUT2D eigenvalue weighted by Crippen LogP contribution is 2.21. The van der Waals surface area contributed by atoms with Gasteiger partial charge in [0.15, 0.2) is 12.4 Å². The Bertz CT molecular complexity index is 1210. The van der Waals surface area contributed by atoms with Crippen molar-refractivity contribution in [2.45, 2.75) is 0 Å². The van der Waals surface area contributed by atoms with E-state index in [9.17, 15) is 4.79 Å². The molecule has 0 N–H and O–H groups in total. The van der Waals surface area contributed by atoms with Crippen molar-refractivity contribution >= 4 is 22.5 Å². The summed E-state index contributed by atoms with van der Waals surface area (Å²) in [4.78, 5) is 20.7. The SMILES string of the molecule is O=C(COc1ccc2ccccc2c1)N1CCN(c2ccc(-c3cccnc3)nn2)CC1. The highest BCUT2D eigenvalue weighted by atomic mass is 16.5. The smallest absolute Gasteiger partial charge is 0.260 e. The number of carbonyl (C=O) groups is 1. The van der Waals surface area contributed by atoms with Crippen LogP contribution in [0.3, 0.4) is 0 Å². The van der Waals surface area contributed by atoms with Crippen LogP contribution in [0.2, 0.25) is 0 Å². The van der Waals surface area contributed by atoms with E-state index in [1.165, 1.54) is 0 Å². The van der Waals surface area contributed by atoms with E-state index < -0.39 is 0 Å². The van der Waals surface area contributed by atoms with Crippen LogP contribution in [0, 0.1) is 0 Å². The molecule has 1 saturated heterocycles. The second kappa shape index (κ2) is 9.01. The van der Waals surface area contributed by atoms with Crippen molar-refractivity contribution < 1.29 is 9.53 Å². The number of hydrogen-bond acceptors (Lipinski definition) is 6. The van der Waals surface area contributed by atoms with Crippen LogP contribution in [0.1, 0.15) is 0 Å². The zero-order valence-electron chi connectivity index (χ0n) is 17.6. The normalized spacial score (nSPS) is 13.9. The molecule has 7 heteroatoms. The predicted molar refractivity (Wildman–Crippen MR) is 123 cm³/mol. The molecule has 0 atom stereocenters. The topological polar surface area (TPSA) is 71.5 Å². The minimum absolute atomic E-state index is 0.00387. The number of rotatable bonds is 5. The average Bonchev–Trinajstić information content (AvgIpc) is 2.88. The maximum Gasteiger partial charge on any atom is 0.260 e. The van der Waals surface area contributed by atoms with Crippen molar-refractivity contribution in [3.05, 3.63) is 79.1 Å². The number of amides is 1. The summed E-state index contributed by atoms with van der Waals surface area (Å²) < 4.78 is 5.76. The number of benzene rings is 2. The van der Waals surface area contributed by atoms with E-state index in [0.29, 0.717) is 31.9 Å². The van der Waals surface area contributed by atoms with E-state index >= 15 is 0 Å². The van der Waals surface area contributed by atoms with Gasteiger partial charge in [-0.3, -0.25) is 9.78 Å². The van der Waals surface area contributed by atoms with Gasteiger partial charge in [-0.25, -0.2) is 0 Å². The van der Waals surface area contributed by atoms with Crippen LogP contribution in [-0.2, 0) is 4.79 Å². The van der Waals surface area contributed by atoms with Crippen LogP contribution in [0.5, 0.6) is 5.75 Å². The average molecular weight is 425 g/mol. The number of nitrogens with zero attached hydrogens (tertiary/aromatic N) is 5. The lowest BCUT2D eigenvalue weighted by atomic mass is 10.1. The largest absolute Gasteiger partial charge is 0.484 e. The molecule has 1 fully saturated rings. The Morgan fingerprint density at radius 3 is 2.47 bits per heavy atom. The number of piperazine rings is 1. The van der Waals surface area contributed by atoms with Gasteiger partial charge in [-0.1, -0.05) is 30.3 Å². The summed E-state index contributed by atoms with van der Waals surface area (Å²) in [6, 6.07) is 21.7. The second-order valence-electron chi connectivity index (χ2n) is 7.68. The van der Waals surface area contributed by atoms with Crippen LogP contribution >= 0.6 is 0 Å². The molecule has 2 aromatic heterocycles. The van der Waals surface area contributed by atoms with Crippen molar-refractivity contribution in [2.75, 3.05) is 37.7 Å². The van der Waals surface area contributed by atoms with Gasteiger partial charge in [0.05, 0.1) is 5.69 Å². The van der Waals surface area contributed by atoms with Crippen molar-refractivity contribution in [2.24, 2.45) is 0 Å². The summed E-state index contributed by atoms with van der Waals surface area (Å²) in [6.07, 6.45) is 3.51. The van der Waals surface area contributed by atoms with Gasteiger partial charge < -0.3 is 14.5 Å². The lowest BCUT2D eigenvalue weighted by Gasteiger charge is -2.35. The zero-order valence-corrected chi connectivity index (χ0v) is 17.6. The van der Waals surface area contributed by atoms with Crippen molar-refractivity contribution in [3.63, 3.8) is 0 Å². The van der Waals surface area contributed by atoms with E-state index in [1.54, 1.807) is 12.4 Å². The molecule has 5 rings (SSSR count). The minimum Gasteiger partial charge on any atom is -0.484 e. The molecular formula is C25H23N5O2. The molecule has 2 aromatic carbocycles. The van der Waals surface area contributed by atoms with E-state index in [1.807, 2.05) is 65.6 Å². The summed E-state index contributed by atoms with van der Waals surface area (Å²) in [5.41, 5.74) is 1.73. The van der Waals surface area contributed by atoms with Crippen molar-refractivity contribution in [1.29, 1.82) is 0 Å². The standard InChI is InChI=1S/C25H23N5O2/c31-25(18-32-22-8-7-19-4-1-2-5-20(19)16-22)30-14-12-29(13-15-30)24-10-9-23(27-28-24)21-6-3-11-26-17-21/h1-11,16-17H,12-15,18H2. The van der Waals surface area contributed by atoms with Gasteiger partial charge in [0, 0.05) is 44.1 Å². The summed E-state index contributed by atoms with van der Waals surface area (Å²) >= 11 is 0. The molecule has 0 saturated carbocycles. The van der Waals surface area contributed by atoms with E-state index in [0.717, 1.165) is 27.8 Å². The molecule has 1 aliphatic rings. The second-order valence-corrected chi connectivity index (χ2v) is 7.68. The van der Waals surface area contributed by atoms with Gasteiger partial charge >= 0.3 is 0 Å². The Labute approximate surface area is 186 Å². The first kappa shape index (κ1) is 19.9. The zero-order chi connectivity index (χ0) is 21.8. The number of ether oxygens (including phenoxy) is 1. The Kier molecular flexibility index (Phi) is 5.61. The highest BCUT2D eigenvalue weighted by Gasteiger charge is 2.22.